The molecule has 0 amide bonds. The monoisotopic (exact) mass is 365 g/mol. The summed E-state index contributed by atoms with van der Waals surface area (Å²) in [5.41, 5.74) is 5.73. The van der Waals surface area contributed by atoms with Crippen LogP contribution in [0.2, 0.25) is 0 Å². The molecule has 1 aliphatic rings. The Bertz CT molecular complexity index is 670. The molecule has 98 valence electrons. The van der Waals surface area contributed by atoms with Crippen molar-refractivity contribution in [3.05, 3.63) is 50.4 Å². The number of hydrogen-bond donors (Lipinski definition) is 0. The van der Waals surface area contributed by atoms with Crippen molar-refractivity contribution in [2.24, 2.45) is 0 Å². The number of fused-ring (bicyclic) bond motifs is 1. The summed E-state index contributed by atoms with van der Waals surface area (Å²) in [6, 6.07) is 8.53. The van der Waals surface area contributed by atoms with Gasteiger partial charge in [0.05, 0.1) is 0 Å². The average molecular weight is 365 g/mol. The number of carbonyl (C=O) groups excluding carboxylic acids is 1. The molecule has 19 heavy (non-hydrogen) atoms. The van der Waals surface area contributed by atoms with E-state index in [2.05, 4.69) is 59.2 Å². The zero-order valence-corrected chi connectivity index (χ0v) is 13.3. The number of Topliss-reactive ketones (excluding diaryl/α,β-unsaturated/α-hetero) is 1. The van der Waals surface area contributed by atoms with Crippen LogP contribution in [0, 0.1) is 17.4 Å². The Kier molecular flexibility index (Phi) is 3.25. The molecule has 1 aromatic heterocycles. The molecule has 1 heterocycles. The molecule has 0 atom stereocenters. The van der Waals surface area contributed by atoms with Gasteiger partial charge in [-0.25, -0.2) is 0 Å². The van der Waals surface area contributed by atoms with Crippen molar-refractivity contribution < 1.29 is 4.79 Å². The number of halogens is 1. The lowest BCUT2D eigenvalue weighted by Gasteiger charge is -2.16. The molecule has 1 aromatic carbocycles. The first-order valence-corrected chi connectivity index (χ1v) is 7.67. The van der Waals surface area contributed by atoms with E-state index in [9.17, 15) is 4.79 Å². The molecule has 2 nitrogen and oxygen atoms in total. The van der Waals surface area contributed by atoms with Crippen LogP contribution in [-0.2, 0) is 6.42 Å². The maximum atomic E-state index is 12.0. The third-order valence-electron chi connectivity index (χ3n) is 3.82. The Morgan fingerprint density at radius 3 is 2.68 bits per heavy atom. The third-order valence-corrected chi connectivity index (χ3v) is 4.98. The molecule has 0 N–H and O–H groups in total. The third kappa shape index (κ3) is 2.14. The van der Waals surface area contributed by atoms with E-state index < -0.39 is 0 Å². The predicted octanol–water partition coefficient (Wildman–Crippen LogP) is 4.22. The van der Waals surface area contributed by atoms with Gasteiger partial charge in [0.2, 0.25) is 0 Å². The van der Waals surface area contributed by atoms with E-state index in [1.807, 2.05) is 6.07 Å². The Morgan fingerprint density at radius 1 is 1.16 bits per heavy atom. The Labute approximate surface area is 127 Å². The van der Waals surface area contributed by atoms with E-state index in [1.54, 1.807) is 0 Å². The fourth-order valence-electron chi connectivity index (χ4n) is 2.81. The average Bonchev–Trinajstić information content (AvgIpc) is 2.71. The SMILES string of the molecule is Cc1ccc(-n2c(C)cc3c2CCCC3=O)cc1I. The molecule has 1 aliphatic carbocycles. The van der Waals surface area contributed by atoms with Gasteiger partial charge in [-0.1, -0.05) is 6.07 Å². The Morgan fingerprint density at radius 2 is 1.95 bits per heavy atom. The molecule has 0 bridgehead atoms. The number of benzene rings is 1. The normalized spacial score (nSPS) is 14.6. The first kappa shape index (κ1) is 12.9. The van der Waals surface area contributed by atoms with Crippen LogP contribution in [0.5, 0.6) is 0 Å². The van der Waals surface area contributed by atoms with Crippen LogP contribution >= 0.6 is 22.6 Å². The molecule has 0 unspecified atom stereocenters. The number of hydrogen-bond acceptors (Lipinski definition) is 1. The van der Waals surface area contributed by atoms with E-state index in [4.69, 9.17) is 0 Å². The van der Waals surface area contributed by atoms with Crippen molar-refractivity contribution in [1.82, 2.24) is 4.57 Å². The molecule has 0 saturated heterocycles. The number of carbonyl (C=O) groups is 1. The lowest BCUT2D eigenvalue weighted by Crippen LogP contribution is -2.12. The standard InChI is InChI=1S/C16H16INO/c1-10-6-7-12(9-14(10)17)18-11(2)8-13-15(18)4-3-5-16(13)19/h6-9H,3-5H2,1-2H3. The quantitative estimate of drug-likeness (QED) is 0.694. The minimum atomic E-state index is 0.296. The van der Waals surface area contributed by atoms with Gasteiger partial charge in [-0.15, -0.1) is 0 Å². The zero-order chi connectivity index (χ0) is 13.6. The largest absolute Gasteiger partial charge is 0.317 e. The van der Waals surface area contributed by atoms with Gasteiger partial charge in [-0.3, -0.25) is 4.79 Å². The molecular weight excluding hydrogens is 349 g/mol. The highest BCUT2D eigenvalue weighted by Gasteiger charge is 2.23. The molecular formula is C16H16INO. The number of nitrogens with zero attached hydrogens (tertiary/aromatic N) is 1. The van der Waals surface area contributed by atoms with Gasteiger partial charge in [-0.05, 0) is 73.0 Å². The van der Waals surface area contributed by atoms with Crippen LogP contribution in [0.15, 0.2) is 24.3 Å². The van der Waals surface area contributed by atoms with E-state index in [-0.39, 0.29) is 0 Å². The van der Waals surface area contributed by atoms with E-state index >= 15 is 0 Å². The molecule has 0 saturated carbocycles. The van der Waals surface area contributed by atoms with E-state index in [0.717, 1.165) is 24.1 Å². The van der Waals surface area contributed by atoms with Crippen LogP contribution in [0.1, 0.15) is 40.2 Å². The van der Waals surface area contributed by atoms with Crippen LogP contribution in [-0.4, -0.2) is 10.4 Å². The highest BCUT2D eigenvalue weighted by molar-refractivity contribution is 14.1. The second-order valence-corrected chi connectivity index (χ2v) is 6.35. The molecule has 0 aliphatic heterocycles. The number of rotatable bonds is 1. The Balaban J connectivity index is 2.20. The minimum absolute atomic E-state index is 0.296. The smallest absolute Gasteiger partial charge is 0.164 e. The fourth-order valence-corrected chi connectivity index (χ4v) is 3.31. The van der Waals surface area contributed by atoms with Gasteiger partial charge in [-0.2, -0.15) is 0 Å². The van der Waals surface area contributed by atoms with E-state index in [0.29, 0.717) is 12.2 Å². The molecule has 3 rings (SSSR count). The van der Waals surface area contributed by atoms with Crippen molar-refractivity contribution in [3.63, 3.8) is 0 Å². The van der Waals surface area contributed by atoms with Crippen LogP contribution in [0.3, 0.4) is 0 Å². The summed E-state index contributed by atoms with van der Waals surface area (Å²) in [6.45, 7) is 4.20. The summed E-state index contributed by atoms with van der Waals surface area (Å²) in [4.78, 5) is 12.0. The first-order valence-electron chi connectivity index (χ1n) is 6.59. The van der Waals surface area contributed by atoms with Crippen LogP contribution < -0.4 is 0 Å². The van der Waals surface area contributed by atoms with Crippen molar-refractivity contribution in [1.29, 1.82) is 0 Å². The van der Waals surface area contributed by atoms with Gasteiger partial charge in [0.15, 0.2) is 5.78 Å². The minimum Gasteiger partial charge on any atom is -0.317 e. The molecule has 2 aromatic rings. The van der Waals surface area contributed by atoms with Gasteiger partial charge in [0.25, 0.3) is 0 Å². The summed E-state index contributed by atoms with van der Waals surface area (Å²) in [6.07, 6.45) is 2.67. The predicted molar refractivity (Wildman–Crippen MR) is 85.2 cm³/mol. The van der Waals surface area contributed by atoms with Gasteiger partial charge in [0, 0.05) is 32.6 Å². The molecule has 0 fully saturated rings. The van der Waals surface area contributed by atoms with Crippen molar-refractivity contribution in [2.45, 2.75) is 33.1 Å². The summed E-state index contributed by atoms with van der Waals surface area (Å²) in [7, 11) is 0. The summed E-state index contributed by atoms with van der Waals surface area (Å²) >= 11 is 2.37. The molecule has 3 heteroatoms. The molecule has 0 radical (unpaired) electrons. The lowest BCUT2D eigenvalue weighted by molar-refractivity contribution is 0.0972. The number of aryl methyl sites for hydroxylation is 2. The number of aromatic nitrogens is 1. The maximum Gasteiger partial charge on any atom is 0.164 e. The lowest BCUT2D eigenvalue weighted by atomic mass is 9.96. The second-order valence-electron chi connectivity index (χ2n) is 5.19. The first-order chi connectivity index (χ1) is 9.08. The summed E-state index contributed by atoms with van der Waals surface area (Å²) < 4.78 is 3.51. The van der Waals surface area contributed by atoms with Crippen molar-refractivity contribution in [2.75, 3.05) is 0 Å². The van der Waals surface area contributed by atoms with Gasteiger partial charge >= 0.3 is 0 Å². The van der Waals surface area contributed by atoms with Crippen molar-refractivity contribution >= 4 is 28.4 Å². The molecule has 0 spiro atoms. The van der Waals surface area contributed by atoms with Crippen molar-refractivity contribution in [3.8, 4) is 5.69 Å². The van der Waals surface area contributed by atoms with Gasteiger partial charge in [0.1, 0.15) is 0 Å². The highest BCUT2D eigenvalue weighted by Crippen LogP contribution is 2.29. The Hall–Kier alpha value is -1.10. The van der Waals surface area contributed by atoms with Crippen LogP contribution in [0.25, 0.3) is 5.69 Å². The highest BCUT2D eigenvalue weighted by atomic mass is 127. The maximum absolute atomic E-state index is 12.0. The summed E-state index contributed by atoms with van der Waals surface area (Å²) in [5.74, 6) is 0.296. The van der Waals surface area contributed by atoms with Crippen LogP contribution in [0.4, 0.5) is 0 Å². The topological polar surface area (TPSA) is 22.0 Å². The summed E-state index contributed by atoms with van der Waals surface area (Å²) in [5, 5.41) is 0. The second kappa shape index (κ2) is 4.78. The van der Waals surface area contributed by atoms with E-state index in [1.165, 1.54) is 20.5 Å². The van der Waals surface area contributed by atoms with Gasteiger partial charge < -0.3 is 4.57 Å². The number of ketones is 1. The zero-order valence-electron chi connectivity index (χ0n) is 11.2. The fraction of sp³-hybridized carbons (Fsp3) is 0.312.